The summed E-state index contributed by atoms with van der Waals surface area (Å²) in [4.78, 5) is 13.3. The fraction of sp³-hybridized carbons (Fsp3) is 0.345. The summed E-state index contributed by atoms with van der Waals surface area (Å²) in [5.41, 5.74) is 0.468. The molecule has 3 aromatic carbocycles. The van der Waals surface area contributed by atoms with Gasteiger partial charge in [-0.05, 0) is 22.1 Å². The van der Waals surface area contributed by atoms with E-state index < -0.39 is 23.2 Å². The first kappa shape index (κ1) is 25.1. The third kappa shape index (κ3) is 4.30. The first-order valence-corrected chi connectivity index (χ1v) is 12.9. The maximum atomic E-state index is 16.7. The molecule has 0 saturated heterocycles. The molecule has 0 aromatic heterocycles. The number of amides is 2. The Morgan fingerprint density at radius 3 is 1.86 bits per heavy atom. The van der Waals surface area contributed by atoms with Gasteiger partial charge in [-0.25, -0.2) is 9.18 Å². The summed E-state index contributed by atoms with van der Waals surface area (Å²) in [6.45, 7) is 6.67. The van der Waals surface area contributed by atoms with Crippen molar-refractivity contribution >= 4 is 16.5 Å². The number of halogens is 1. The average Bonchev–Trinajstić information content (AvgIpc) is 2.86. The van der Waals surface area contributed by atoms with Gasteiger partial charge in [0.05, 0.1) is 12.0 Å². The molecule has 6 heteroatoms. The van der Waals surface area contributed by atoms with E-state index in [1.807, 2.05) is 91.0 Å². The Morgan fingerprint density at radius 2 is 1.40 bits per heavy atom. The number of benzene rings is 3. The molecule has 1 fully saturated rings. The molecule has 35 heavy (non-hydrogen) atoms. The minimum atomic E-state index is -1.31. The second-order valence-corrected chi connectivity index (χ2v) is 11.1. The SMILES string of the molecule is CC(C)(C)C1C(F)C(CO[SiH3])(NC(=O)NCc2ccccc2)C1(c1ccccc1)c1ccccc1. The van der Waals surface area contributed by atoms with Crippen molar-refractivity contribution < 1.29 is 13.6 Å². The van der Waals surface area contributed by atoms with Crippen molar-refractivity contribution in [3.05, 3.63) is 108 Å². The summed E-state index contributed by atoms with van der Waals surface area (Å²) >= 11 is 0. The van der Waals surface area contributed by atoms with Gasteiger partial charge < -0.3 is 15.1 Å². The van der Waals surface area contributed by atoms with Crippen molar-refractivity contribution in [1.82, 2.24) is 10.6 Å². The van der Waals surface area contributed by atoms with Gasteiger partial charge in [-0.1, -0.05) is 112 Å². The zero-order valence-corrected chi connectivity index (χ0v) is 22.9. The fourth-order valence-corrected chi connectivity index (χ4v) is 6.54. The summed E-state index contributed by atoms with van der Waals surface area (Å²) in [6.07, 6.45) is -1.31. The molecule has 1 aliphatic carbocycles. The standard InChI is InChI=1S/C29H35FN2O2Si/c1-27(2,3)24-25(30)28(20-34-35,32-26(33)31-19-21-13-7-4-8-14-21)29(24,22-15-9-5-10-16-22)23-17-11-6-12-18-23/h4-18,24-25H,19-20H2,1-3,35H3,(H2,31,32,33). The van der Waals surface area contributed by atoms with E-state index in [1.54, 1.807) is 0 Å². The molecule has 3 unspecified atom stereocenters. The third-order valence-corrected chi connectivity index (χ3v) is 7.62. The number of urea groups is 1. The average molecular weight is 491 g/mol. The van der Waals surface area contributed by atoms with Crippen LogP contribution in [0.5, 0.6) is 0 Å². The molecule has 2 amide bonds. The van der Waals surface area contributed by atoms with E-state index >= 15 is 4.39 Å². The largest absolute Gasteiger partial charge is 0.425 e. The zero-order valence-electron chi connectivity index (χ0n) is 20.9. The first-order valence-electron chi connectivity index (χ1n) is 12.1. The lowest BCUT2D eigenvalue weighted by Gasteiger charge is -2.69. The molecular formula is C29H35FN2O2Si. The molecule has 0 radical (unpaired) electrons. The van der Waals surface area contributed by atoms with Gasteiger partial charge in [0.15, 0.2) is 0 Å². The van der Waals surface area contributed by atoms with Crippen LogP contribution >= 0.6 is 0 Å². The lowest BCUT2D eigenvalue weighted by molar-refractivity contribution is -0.154. The lowest BCUT2D eigenvalue weighted by atomic mass is 9.37. The molecule has 3 atom stereocenters. The van der Waals surface area contributed by atoms with E-state index in [0.717, 1.165) is 16.7 Å². The summed E-state index contributed by atoms with van der Waals surface area (Å²) in [7, 11) is 0.430. The fourth-order valence-electron chi connectivity index (χ4n) is 6.08. The van der Waals surface area contributed by atoms with Gasteiger partial charge in [0, 0.05) is 12.5 Å². The van der Waals surface area contributed by atoms with Crippen LogP contribution in [0.25, 0.3) is 0 Å². The third-order valence-electron chi connectivity index (χ3n) is 7.33. The van der Waals surface area contributed by atoms with Crippen molar-refractivity contribution in [2.75, 3.05) is 6.61 Å². The molecule has 4 nitrogen and oxygen atoms in total. The number of rotatable bonds is 7. The van der Waals surface area contributed by atoms with Crippen LogP contribution in [0.3, 0.4) is 0 Å². The lowest BCUT2D eigenvalue weighted by Crippen LogP contribution is -2.85. The van der Waals surface area contributed by atoms with E-state index in [9.17, 15) is 4.79 Å². The highest BCUT2D eigenvalue weighted by molar-refractivity contribution is 5.98. The predicted octanol–water partition coefficient (Wildman–Crippen LogP) is 4.52. The van der Waals surface area contributed by atoms with Gasteiger partial charge in [0.1, 0.15) is 22.2 Å². The molecule has 0 heterocycles. The predicted molar refractivity (Wildman–Crippen MR) is 142 cm³/mol. The van der Waals surface area contributed by atoms with Crippen LogP contribution in [-0.4, -0.2) is 34.8 Å². The number of carbonyl (C=O) groups excluding carboxylic acids is 1. The van der Waals surface area contributed by atoms with E-state index in [0.29, 0.717) is 17.0 Å². The number of hydrogen-bond donors (Lipinski definition) is 2. The Bertz CT molecular complexity index is 1080. The molecule has 1 aliphatic rings. The Labute approximate surface area is 210 Å². The van der Waals surface area contributed by atoms with Crippen LogP contribution in [0.1, 0.15) is 37.5 Å². The molecule has 2 N–H and O–H groups in total. The topological polar surface area (TPSA) is 50.4 Å². The number of alkyl halides is 1. The van der Waals surface area contributed by atoms with Gasteiger partial charge in [0.25, 0.3) is 0 Å². The number of nitrogens with one attached hydrogen (secondary N) is 2. The van der Waals surface area contributed by atoms with Crippen LogP contribution in [-0.2, 0) is 16.4 Å². The van der Waals surface area contributed by atoms with E-state index in [1.165, 1.54) is 0 Å². The van der Waals surface area contributed by atoms with Crippen molar-refractivity contribution in [2.45, 2.75) is 44.4 Å². The van der Waals surface area contributed by atoms with Crippen molar-refractivity contribution in [2.24, 2.45) is 11.3 Å². The van der Waals surface area contributed by atoms with Gasteiger partial charge in [-0.2, -0.15) is 0 Å². The van der Waals surface area contributed by atoms with Crippen molar-refractivity contribution in [3.8, 4) is 0 Å². The molecule has 0 spiro atoms. The maximum Gasteiger partial charge on any atom is 0.315 e. The second-order valence-electron chi connectivity index (χ2n) is 10.5. The maximum absolute atomic E-state index is 16.7. The van der Waals surface area contributed by atoms with Gasteiger partial charge in [-0.3, -0.25) is 0 Å². The summed E-state index contributed by atoms with van der Waals surface area (Å²) in [5.74, 6) is -0.383. The normalized spacial score (nSPS) is 23.3. The first-order chi connectivity index (χ1) is 16.8. The van der Waals surface area contributed by atoms with Gasteiger partial charge >= 0.3 is 6.03 Å². The molecule has 3 aromatic rings. The summed E-state index contributed by atoms with van der Waals surface area (Å²) < 4.78 is 22.5. The Balaban J connectivity index is 1.84. The molecule has 1 saturated carbocycles. The Kier molecular flexibility index (Phi) is 7.15. The minimum absolute atomic E-state index is 0.0928. The Hall–Kier alpha value is -2.96. The molecular weight excluding hydrogens is 455 g/mol. The molecule has 4 rings (SSSR count). The van der Waals surface area contributed by atoms with Crippen LogP contribution in [0.2, 0.25) is 0 Å². The highest BCUT2D eigenvalue weighted by atomic mass is 28.2. The van der Waals surface area contributed by atoms with Crippen LogP contribution in [0.4, 0.5) is 9.18 Å². The van der Waals surface area contributed by atoms with Crippen LogP contribution in [0, 0.1) is 11.3 Å². The van der Waals surface area contributed by atoms with E-state index in [-0.39, 0.29) is 17.9 Å². The smallest absolute Gasteiger partial charge is 0.315 e. The Morgan fingerprint density at radius 1 is 0.914 bits per heavy atom. The van der Waals surface area contributed by atoms with E-state index in [2.05, 4.69) is 31.4 Å². The molecule has 0 bridgehead atoms. The van der Waals surface area contributed by atoms with Gasteiger partial charge in [0.2, 0.25) is 0 Å². The molecule has 184 valence electrons. The second kappa shape index (κ2) is 9.95. The minimum Gasteiger partial charge on any atom is -0.425 e. The van der Waals surface area contributed by atoms with Crippen molar-refractivity contribution in [3.63, 3.8) is 0 Å². The van der Waals surface area contributed by atoms with Crippen LogP contribution < -0.4 is 10.6 Å². The van der Waals surface area contributed by atoms with E-state index in [4.69, 9.17) is 4.43 Å². The quantitative estimate of drug-likeness (QED) is 0.479. The summed E-state index contributed by atoms with van der Waals surface area (Å²) in [6, 6.07) is 29.3. The van der Waals surface area contributed by atoms with Gasteiger partial charge in [-0.15, -0.1) is 0 Å². The van der Waals surface area contributed by atoms with Crippen LogP contribution in [0.15, 0.2) is 91.0 Å². The monoisotopic (exact) mass is 490 g/mol. The molecule has 0 aliphatic heterocycles. The van der Waals surface area contributed by atoms with Crippen molar-refractivity contribution in [1.29, 1.82) is 0 Å². The number of hydrogen-bond acceptors (Lipinski definition) is 2. The number of carbonyl (C=O) groups is 1. The zero-order chi connectivity index (χ0) is 25.1. The highest BCUT2D eigenvalue weighted by Gasteiger charge is 2.76. The highest BCUT2D eigenvalue weighted by Crippen LogP contribution is 2.66. The summed E-state index contributed by atoms with van der Waals surface area (Å²) in [5, 5.41) is 6.05.